The molecule has 0 spiro atoms. The topological polar surface area (TPSA) is 88.3 Å². The average molecular weight is 368 g/mol. The molecular formula is C16H15F3N4O3. The molecule has 2 aromatic rings. The Hall–Kier alpha value is -2.91. The third-order valence-electron chi connectivity index (χ3n) is 4.21. The summed E-state index contributed by atoms with van der Waals surface area (Å²) in [6.45, 7) is 0.476. The number of carboxylic acids is 1. The number of carbonyl (C=O) groups excluding carboxylic acids is 1. The number of carboxylic acid groups (broad SMARTS) is 1. The lowest BCUT2D eigenvalue weighted by molar-refractivity contribution is -0.143. The summed E-state index contributed by atoms with van der Waals surface area (Å²) in [6, 6.07) is 4.50. The molecular weight excluding hydrogens is 353 g/mol. The van der Waals surface area contributed by atoms with Crippen molar-refractivity contribution >= 4 is 11.9 Å². The standard InChI is InChI=1S/C16H15F3N4O3/c17-16(18,19)11-4-1-5-12(7-11)23-9-13(20-21-23)14(24)22-6-2-3-10(8-22)15(25)26/h1,4-5,7,9-10H,2-3,6,8H2,(H,25,26). The number of aliphatic carboxylic acids is 1. The summed E-state index contributed by atoms with van der Waals surface area (Å²) in [7, 11) is 0. The Balaban J connectivity index is 1.80. The van der Waals surface area contributed by atoms with Gasteiger partial charge in [-0.2, -0.15) is 13.2 Å². The first kappa shape index (κ1) is 17.9. The predicted molar refractivity (Wildman–Crippen MR) is 82.6 cm³/mol. The highest BCUT2D eigenvalue weighted by Gasteiger charge is 2.31. The molecule has 1 aliphatic rings. The maximum Gasteiger partial charge on any atom is 0.416 e. The van der Waals surface area contributed by atoms with E-state index in [0.717, 1.165) is 16.8 Å². The first-order valence-corrected chi connectivity index (χ1v) is 7.88. The van der Waals surface area contributed by atoms with Gasteiger partial charge in [-0.05, 0) is 31.0 Å². The van der Waals surface area contributed by atoms with E-state index in [0.29, 0.717) is 19.4 Å². The molecule has 1 aromatic heterocycles. The number of hydrogen-bond donors (Lipinski definition) is 1. The van der Waals surface area contributed by atoms with Crippen LogP contribution < -0.4 is 0 Å². The molecule has 0 saturated carbocycles. The van der Waals surface area contributed by atoms with Crippen molar-refractivity contribution in [3.8, 4) is 5.69 Å². The summed E-state index contributed by atoms with van der Waals surface area (Å²) < 4.78 is 39.5. The molecule has 1 atom stereocenters. The molecule has 0 radical (unpaired) electrons. The summed E-state index contributed by atoms with van der Waals surface area (Å²) in [5, 5.41) is 16.5. The Labute approximate surface area is 146 Å². The first-order chi connectivity index (χ1) is 12.3. The van der Waals surface area contributed by atoms with Gasteiger partial charge in [-0.1, -0.05) is 11.3 Å². The van der Waals surface area contributed by atoms with Gasteiger partial charge in [0, 0.05) is 13.1 Å². The lowest BCUT2D eigenvalue weighted by Crippen LogP contribution is -2.42. The molecule has 1 fully saturated rings. The highest BCUT2D eigenvalue weighted by atomic mass is 19.4. The van der Waals surface area contributed by atoms with E-state index in [4.69, 9.17) is 5.11 Å². The van der Waals surface area contributed by atoms with Crippen LogP contribution in [-0.4, -0.2) is 50.0 Å². The number of likely N-dealkylation sites (tertiary alicyclic amines) is 1. The van der Waals surface area contributed by atoms with Crippen LogP contribution in [0, 0.1) is 5.92 Å². The lowest BCUT2D eigenvalue weighted by Gasteiger charge is -2.29. The maximum atomic E-state index is 12.8. The largest absolute Gasteiger partial charge is 0.481 e. The van der Waals surface area contributed by atoms with Crippen LogP contribution in [0.5, 0.6) is 0 Å². The van der Waals surface area contributed by atoms with Gasteiger partial charge in [0.2, 0.25) is 0 Å². The first-order valence-electron chi connectivity index (χ1n) is 7.88. The van der Waals surface area contributed by atoms with Crippen LogP contribution in [0.3, 0.4) is 0 Å². The smallest absolute Gasteiger partial charge is 0.416 e. The normalized spacial score (nSPS) is 18.0. The highest BCUT2D eigenvalue weighted by molar-refractivity contribution is 5.92. The molecule has 10 heteroatoms. The van der Waals surface area contributed by atoms with Gasteiger partial charge in [-0.15, -0.1) is 5.10 Å². The molecule has 1 aromatic carbocycles. The summed E-state index contributed by atoms with van der Waals surface area (Å²) in [4.78, 5) is 25.0. The van der Waals surface area contributed by atoms with Gasteiger partial charge in [0.05, 0.1) is 23.4 Å². The Morgan fingerprint density at radius 1 is 1.27 bits per heavy atom. The molecule has 1 unspecified atom stereocenters. The molecule has 1 N–H and O–H groups in total. The molecule has 1 amide bonds. The monoisotopic (exact) mass is 368 g/mol. The predicted octanol–water partition coefficient (Wildman–Crippen LogP) is 2.22. The number of rotatable bonds is 3. The molecule has 1 saturated heterocycles. The van der Waals surface area contributed by atoms with Gasteiger partial charge in [0.25, 0.3) is 5.91 Å². The van der Waals surface area contributed by atoms with E-state index in [1.54, 1.807) is 0 Å². The fourth-order valence-electron chi connectivity index (χ4n) is 2.84. The van der Waals surface area contributed by atoms with Gasteiger partial charge in [-0.3, -0.25) is 9.59 Å². The van der Waals surface area contributed by atoms with Gasteiger partial charge in [0.15, 0.2) is 5.69 Å². The Morgan fingerprint density at radius 2 is 2.04 bits per heavy atom. The van der Waals surface area contributed by atoms with E-state index in [2.05, 4.69) is 10.3 Å². The van der Waals surface area contributed by atoms with Crippen LogP contribution in [-0.2, 0) is 11.0 Å². The Morgan fingerprint density at radius 3 is 2.73 bits per heavy atom. The van der Waals surface area contributed by atoms with E-state index in [1.165, 1.54) is 23.2 Å². The number of aromatic nitrogens is 3. The quantitative estimate of drug-likeness (QED) is 0.898. The Bertz CT molecular complexity index is 834. The van der Waals surface area contributed by atoms with Crippen LogP contribution in [0.25, 0.3) is 5.69 Å². The molecule has 2 heterocycles. The number of benzene rings is 1. The van der Waals surface area contributed by atoms with Crippen molar-refractivity contribution in [2.24, 2.45) is 5.92 Å². The molecule has 138 valence electrons. The number of hydrogen-bond acceptors (Lipinski definition) is 4. The van der Waals surface area contributed by atoms with Crippen molar-refractivity contribution in [1.82, 2.24) is 19.9 Å². The second-order valence-corrected chi connectivity index (χ2v) is 6.02. The zero-order chi connectivity index (χ0) is 18.9. The third-order valence-corrected chi connectivity index (χ3v) is 4.21. The van der Waals surface area contributed by atoms with E-state index < -0.39 is 29.5 Å². The second kappa shape index (κ2) is 6.77. The maximum absolute atomic E-state index is 12.8. The summed E-state index contributed by atoms with van der Waals surface area (Å²) in [5.74, 6) is -2.09. The van der Waals surface area contributed by atoms with Crippen LogP contribution in [0.4, 0.5) is 13.2 Å². The zero-order valence-corrected chi connectivity index (χ0v) is 13.5. The van der Waals surface area contributed by atoms with E-state index in [9.17, 15) is 22.8 Å². The average Bonchev–Trinajstić information content (AvgIpc) is 3.10. The number of piperidine rings is 1. The number of amides is 1. The molecule has 1 aliphatic heterocycles. The van der Waals surface area contributed by atoms with Crippen molar-refractivity contribution in [2.45, 2.75) is 19.0 Å². The number of nitrogens with zero attached hydrogens (tertiary/aromatic N) is 4. The fourth-order valence-corrected chi connectivity index (χ4v) is 2.84. The van der Waals surface area contributed by atoms with Crippen molar-refractivity contribution in [3.05, 3.63) is 41.7 Å². The van der Waals surface area contributed by atoms with Crippen molar-refractivity contribution in [3.63, 3.8) is 0 Å². The molecule has 0 bridgehead atoms. The number of carbonyl (C=O) groups is 2. The van der Waals surface area contributed by atoms with Crippen molar-refractivity contribution in [2.75, 3.05) is 13.1 Å². The minimum absolute atomic E-state index is 0.0477. The zero-order valence-electron chi connectivity index (χ0n) is 13.5. The van der Waals surface area contributed by atoms with Crippen molar-refractivity contribution in [1.29, 1.82) is 0 Å². The molecule has 7 nitrogen and oxygen atoms in total. The minimum Gasteiger partial charge on any atom is -0.481 e. The molecule has 26 heavy (non-hydrogen) atoms. The summed E-state index contributed by atoms with van der Waals surface area (Å²) >= 11 is 0. The van der Waals surface area contributed by atoms with Crippen molar-refractivity contribution < 1.29 is 27.9 Å². The van der Waals surface area contributed by atoms with E-state index >= 15 is 0 Å². The molecule has 0 aliphatic carbocycles. The summed E-state index contributed by atoms with van der Waals surface area (Å²) in [5.41, 5.74) is -0.763. The second-order valence-electron chi connectivity index (χ2n) is 6.02. The SMILES string of the molecule is O=C(O)C1CCCN(C(=O)c2cn(-c3cccc(C(F)(F)F)c3)nn2)C1. The van der Waals surface area contributed by atoms with Crippen LogP contribution in [0.1, 0.15) is 28.9 Å². The van der Waals surface area contributed by atoms with Gasteiger partial charge in [0.1, 0.15) is 0 Å². The minimum atomic E-state index is -4.49. The van der Waals surface area contributed by atoms with E-state index in [-0.39, 0.29) is 17.9 Å². The fraction of sp³-hybridized carbons (Fsp3) is 0.375. The third kappa shape index (κ3) is 3.68. The number of alkyl halides is 3. The summed E-state index contributed by atoms with van der Waals surface area (Å²) in [6.07, 6.45) is -2.20. The van der Waals surface area contributed by atoms with Gasteiger partial charge >= 0.3 is 12.1 Å². The van der Waals surface area contributed by atoms with Gasteiger partial charge in [-0.25, -0.2) is 4.68 Å². The molecule has 3 rings (SSSR count). The number of halogens is 3. The van der Waals surface area contributed by atoms with Crippen LogP contribution in [0.2, 0.25) is 0 Å². The Kier molecular flexibility index (Phi) is 4.66. The van der Waals surface area contributed by atoms with Crippen LogP contribution >= 0.6 is 0 Å². The van der Waals surface area contributed by atoms with Crippen LogP contribution in [0.15, 0.2) is 30.5 Å². The van der Waals surface area contributed by atoms with E-state index in [1.807, 2.05) is 0 Å². The van der Waals surface area contributed by atoms with Gasteiger partial charge < -0.3 is 10.0 Å². The lowest BCUT2D eigenvalue weighted by atomic mass is 9.98. The highest BCUT2D eigenvalue weighted by Crippen LogP contribution is 2.30.